The van der Waals surface area contributed by atoms with Crippen LogP contribution in [0.5, 0.6) is 11.5 Å². The Labute approximate surface area is 267 Å². The largest absolute Gasteiger partial charge is 0.744 e. The maximum absolute atomic E-state index is 13.1. The van der Waals surface area contributed by atoms with Crippen molar-refractivity contribution in [3.8, 4) is 23.8 Å². The van der Waals surface area contributed by atoms with Crippen molar-refractivity contribution in [2.75, 3.05) is 11.9 Å². The van der Waals surface area contributed by atoms with E-state index >= 15 is 0 Å². The monoisotopic (exact) mass is 662 g/mol. The SMILES string of the molecule is C#CCNC(=O)c1ccc(C2=c3cc4c(c(S(=O)(=O)O)c3Oc3c2cc2c(c3S(=O)(=O)[O-])NC(C)C2(C)C)=NC(C)C4(C)C)cc1. The Morgan fingerprint density at radius 1 is 1.04 bits per heavy atom. The zero-order valence-corrected chi connectivity index (χ0v) is 27.6. The molecule has 6 rings (SSSR count). The van der Waals surface area contributed by atoms with Crippen LogP contribution in [0.3, 0.4) is 0 Å². The van der Waals surface area contributed by atoms with Crippen LogP contribution in [-0.4, -0.2) is 50.5 Å². The lowest BCUT2D eigenvalue weighted by Gasteiger charge is -2.30. The van der Waals surface area contributed by atoms with Crippen LogP contribution in [0.4, 0.5) is 5.69 Å². The first-order valence-corrected chi connectivity index (χ1v) is 17.4. The molecule has 1 amide bonds. The van der Waals surface area contributed by atoms with Gasteiger partial charge in [0.1, 0.15) is 15.0 Å². The second-order valence-electron chi connectivity index (χ2n) is 13.0. The molecule has 240 valence electrons. The van der Waals surface area contributed by atoms with E-state index in [4.69, 9.17) is 11.2 Å². The number of rotatable bonds is 5. The summed E-state index contributed by atoms with van der Waals surface area (Å²) in [5.74, 6) is 1.20. The molecule has 0 radical (unpaired) electrons. The van der Waals surface area contributed by atoms with Gasteiger partial charge in [-0.25, -0.2) is 8.42 Å². The fourth-order valence-corrected chi connectivity index (χ4v) is 7.97. The van der Waals surface area contributed by atoms with E-state index in [0.717, 1.165) is 0 Å². The van der Waals surface area contributed by atoms with Gasteiger partial charge in [0, 0.05) is 38.8 Å². The summed E-state index contributed by atoms with van der Waals surface area (Å²) in [5, 5.41) is 5.96. The molecular weight excluding hydrogens is 631 g/mol. The lowest BCUT2D eigenvalue weighted by molar-refractivity contribution is 0.0958. The molecule has 0 spiro atoms. The molecule has 0 saturated heterocycles. The number of carbonyl (C=O) groups is 1. The summed E-state index contributed by atoms with van der Waals surface area (Å²) in [4.78, 5) is 15.9. The molecule has 0 aromatic heterocycles. The molecule has 0 aliphatic carbocycles. The van der Waals surface area contributed by atoms with Crippen molar-refractivity contribution in [3.63, 3.8) is 0 Å². The van der Waals surface area contributed by atoms with E-state index < -0.39 is 46.8 Å². The van der Waals surface area contributed by atoms with E-state index in [-0.39, 0.29) is 52.0 Å². The molecule has 0 fully saturated rings. The van der Waals surface area contributed by atoms with Gasteiger partial charge in [0.05, 0.1) is 23.6 Å². The fraction of sp³-hybridized carbons (Fsp3) is 0.333. The van der Waals surface area contributed by atoms with Crippen molar-refractivity contribution in [2.45, 2.75) is 74.2 Å². The number of nitrogens with one attached hydrogen (secondary N) is 2. The van der Waals surface area contributed by atoms with Gasteiger partial charge in [0.25, 0.3) is 16.0 Å². The number of amides is 1. The van der Waals surface area contributed by atoms with Gasteiger partial charge >= 0.3 is 0 Å². The molecule has 46 heavy (non-hydrogen) atoms. The van der Waals surface area contributed by atoms with Gasteiger partial charge in [-0.2, -0.15) is 8.42 Å². The van der Waals surface area contributed by atoms with Gasteiger partial charge in [-0.05, 0) is 54.8 Å². The lowest BCUT2D eigenvalue weighted by atomic mass is 9.78. The number of nitrogens with zero attached hydrogens (tertiary/aromatic N) is 1. The zero-order valence-electron chi connectivity index (χ0n) is 26.0. The van der Waals surface area contributed by atoms with Crippen LogP contribution in [0.15, 0.2) is 51.2 Å². The molecule has 3 aromatic carbocycles. The minimum Gasteiger partial charge on any atom is -0.744 e. The molecular formula is C33H32N3O8S2-. The molecule has 2 unspecified atom stereocenters. The average Bonchev–Trinajstić information content (AvgIpc) is 3.32. The molecule has 3 aromatic rings. The van der Waals surface area contributed by atoms with Crippen LogP contribution in [0.1, 0.15) is 74.2 Å². The minimum atomic E-state index is -5.22. The number of terminal acetylenes is 1. The molecule has 13 heteroatoms. The summed E-state index contributed by atoms with van der Waals surface area (Å²) in [5.41, 5.74) is 1.23. The second-order valence-corrected chi connectivity index (χ2v) is 15.6. The third-order valence-electron chi connectivity index (χ3n) is 9.68. The highest BCUT2D eigenvalue weighted by Gasteiger charge is 2.44. The molecule has 11 nitrogen and oxygen atoms in total. The summed E-state index contributed by atoms with van der Waals surface area (Å²) in [6, 6.07) is 9.18. The fourth-order valence-electron chi connectivity index (χ4n) is 6.38. The molecule has 3 aliphatic heterocycles. The van der Waals surface area contributed by atoms with Crippen LogP contribution in [0.25, 0.3) is 5.57 Å². The van der Waals surface area contributed by atoms with Gasteiger partial charge in [-0.15, -0.1) is 6.42 Å². The van der Waals surface area contributed by atoms with E-state index in [1.165, 1.54) is 0 Å². The Bertz CT molecular complexity index is 2270. The Kier molecular flexibility index (Phi) is 7.00. The number of fused-ring (bicyclic) bond motifs is 4. The van der Waals surface area contributed by atoms with Crippen LogP contribution >= 0.6 is 0 Å². The van der Waals surface area contributed by atoms with Crippen molar-refractivity contribution < 1.29 is 35.5 Å². The molecule has 2 atom stereocenters. The topological polar surface area (TPSA) is 174 Å². The van der Waals surface area contributed by atoms with Gasteiger partial charge in [0.15, 0.2) is 16.4 Å². The average molecular weight is 663 g/mol. The highest BCUT2D eigenvalue weighted by molar-refractivity contribution is 7.86. The highest BCUT2D eigenvalue weighted by atomic mass is 32.2. The van der Waals surface area contributed by atoms with Crippen molar-refractivity contribution in [1.29, 1.82) is 0 Å². The van der Waals surface area contributed by atoms with E-state index in [1.54, 1.807) is 36.4 Å². The number of carbonyl (C=O) groups excluding carboxylic acids is 1. The van der Waals surface area contributed by atoms with E-state index in [1.807, 2.05) is 41.5 Å². The summed E-state index contributed by atoms with van der Waals surface area (Å²) < 4.78 is 82.0. The first-order chi connectivity index (χ1) is 21.3. The molecule has 3 N–H and O–H groups in total. The first-order valence-electron chi connectivity index (χ1n) is 14.5. The van der Waals surface area contributed by atoms with Crippen LogP contribution in [0.2, 0.25) is 0 Å². The highest BCUT2D eigenvalue weighted by Crippen LogP contribution is 2.52. The second kappa shape index (κ2) is 10.1. The van der Waals surface area contributed by atoms with E-state index in [0.29, 0.717) is 27.8 Å². The Balaban J connectivity index is 1.80. The first kappa shape index (κ1) is 31.7. The van der Waals surface area contributed by atoms with Crippen LogP contribution in [-0.2, 0) is 31.1 Å². The van der Waals surface area contributed by atoms with Crippen LogP contribution in [0, 0.1) is 12.3 Å². The summed E-state index contributed by atoms with van der Waals surface area (Å²) in [7, 11) is -10.2. The summed E-state index contributed by atoms with van der Waals surface area (Å²) >= 11 is 0. The maximum atomic E-state index is 13.1. The van der Waals surface area contributed by atoms with E-state index in [9.17, 15) is 30.7 Å². The quantitative estimate of drug-likeness (QED) is 0.214. The van der Waals surface area contributed by atoms with Gasteiger partial charge in [0.2, 0.25) is 0 Å². The predicted molar refractivity (Wildman–Crippen MR) is 169 cm³/mol. The molecule has 3 heterocycles. The van der Waals surface area contributed by atoms with Gasteiger partial charge in [-0.3, -0.25) is 14.3 Å². The molecule has 0 saturated carbocycles. The smallest absolute Gasteiger partial charge is 0.300 e. The Morgan fingerprint density at radius 3 is 2.28 bits per heavy atom. The van der Waals surface area contributed by atoms with Gasteiger partial charge in [-0.1, -0.05) is 45.7 Å². The van der Waals surface area contributed by atoms with E-state index in [2.05, 4.69) is 21.5 Å². The van der Waals surface area contributed by atoms with Gasteiger partial charge < -0.3 is 19.9 Å². The standard InChI is InChI=1S/C33H33N3O8S2/c1-8-13-34-31(37)19-11-9-18(10-12-19)24-20-14-22-25(35-16(2)32(22,4)5)29(45(38,39)40)27(20)44-28-21(24)15-23-26(30(28)46(41,42)43)36-17(3)33(23,6)7/h1,9-12,14-17,35H,13H2,2-7H3,(H,34,37)(H,38,39,40)(H,41,42,43)/p-1. The molecule has 0 bridgehead atoms. The number of anilines is 1. The maximum Gasteiger partial charge on any atom is 0.300 e. The Morgan fingerprint density at radius 2 is 1.70 bits per heavy atom. The lowest BCUT2D eigenvalue weighted by Crippen LogP contribution is -2.33. The summed E-state index contributed by atoms with van der Waals surface area (Å²) in [6.45, 7) is 11.3. The third kappa shape index (κ3) is 4.62. The van der Waals surface area contributed by atoms with Crippen molar-refractivity contribution in [3.05, 3.63) is 74.8 Å². The third-order valence-corrected chi connectivity index (χ3v) is 11.5. The zero-order chi connectivity index (χ0) is 33.7. The number of ether oxygens (including phenoxy) is 1. The predicted octanol–water partition coefficient (Wildman–Crippen LogP) is 2.94. The summed E-state index contributed by atoms with van der Waals surface area (Å²) in [6.07, 6.45) is 5.27. The minimum absolute atomic E-state index is 0.00246. The Hall–Kier alpha value is -4.22. The number of benzene rings is 3. The van der Waals surface area contributed by atoms with Crippen molar-refractivity contribution in [2.24, 2.45) is 4.99 Å². The molecule has 3 aliphatic rings. The number of hydrogen-bond acceptors (Lipinski definition) is 9. The number of hydrogen-bond donors (Lipinski definition) is 3. The van der Waals surface area contributed by atoms with Crippen molar-refractivity contribution in [1.82, 2.24) is 5.32 Å². The van der Waals surface area contributed by atoms with Crippen molar-refractivity contribution >= 4 is 37.4 Å². The normalized spacial score (nSPS) is 20.2. The van der Waals surface area contributed by atoms with Crippen LogP contribution < -0.4 is 25.9 Å².